The van der Waals surface area contributed by atoms with Crippen molar-refractivity contribution in [2.45, 2.75) is 31.9 Å². The zero-order valence-electron chi connectivity index (χ0n) is 15.3. The Bertz CT molecular complexity index is 979. The molecule has 3 aromatic rings. The molecule has 0 atom stereocenters. The van der Waals surface area contributed by atoms with Crippen LogP contribution >= 0.6 is 11.6 Å². The minimum Gasteiger partial charge on any atom is -0.390 e. The number of hydrogen-bond acceptors (Lipinski definition) is 3. The highest BCUT2D eigenvalue weighted by Gasteiger charge is 2.27. The van der Waals surface area contributed by atoms with Crippen molar-refractivity contribution in [1.29, 1.82) is 0 Å². The minimum absolute atomic E-state index is 0.240. The third kappa shape index (κ3) is 3.98. The number of aromatic nitrogens is 1. The van der Waals surface area contributed by atoms with E-state index in [0.717, 1.165) is 48.0 Å². The summed E-state index contributed by atoms with van der Waals surface area (Å²) in [7, 11) is 0. The van der Waals surface area contributed by atoms with Crippen molar-refractivity contribution in [2.75, 3.05) is 13.1 Å². The van der Waals surface area contributed by atoms with Crippen molar-refractivity contribution in [3.63, 3.8) is 0 Å². The lowest BCUT2D eigenvalue weighted by Gasteiger charge is -2.35. The molecule has 0 amide bonds. The fraction of sp³-hybridized carbons (Fsp3) is 0.318. The summed E-state index contributed by atoms with van der Waals surface area (Å²) in [6.45, 7) is 4.23. The van der Waals surface area contributed by atoms with Crippen LogP contribution in [0.25, 0.3) is 22.0 Å². The zero-order chi connectivity index (χ0) is 19.0. The highest BCUT2D eigenvalue weighted by atomic mass is 35.5. The summed E-state index contributed by atoms with van der Waals surface area (Å²) in [5.74, 6) is -0.240. The van der Waals surface area contributed by atoms with Crippen molar-refractivity contribution in [1.82, 2.24) is 9.88 Å². The number of rotatable bonds is 3. The highest BCUT2D eigenvalue weighted by Crippen LogP contribution is 2.30. The molecule has 1 saturated heterocycles. The Morgan fingerprint density at radius 2 is 1.93 bits per heavy atom. The lowest BCUT2D eigenvalue weighted by Crippen LogP contribution is -2.41. The van der Waals surface area contributed by atoms with Gasteiger partial charge in [-0.05, 0) is 55.2 Å². The number of halogens is 2. The Morgan fingerprint density at radius 1 is 1.15 bits per heavy atom. The van der Waals surface area contributed by atoms with Gasteiger partial charge in [-0.15, -0.1) is 0 Å². The molecule has 0 unspecified atom stereocenters. The molecule has 1 aliphatic rings. The maximum atomic E-state index is 14.8. The molecule has 2 aromatic carbocycles. The van der Waals surface area contributed by atoms with Gasteiger partial charge in [-0.2, -0.15) is 0 Å². The SMILES string of the molecule is CC1(O)CCN(Cc2ccc(-c3ccc4nccc(Cl)c4c3)c(F)c2)CC1. The van der Waals surface area contributed by atoms with Gasteiger partial charge in [-0.1, -0.05) is 29.8 Å². The predicted octanol–water partition coefficient (Wildman–Crippen LogP) is 5.04. The second-order valence-corrected chi connectivity index (χ2v) is 8.02. The molecule has 5 heteroatoms. The summed E-state index contributed by atoms with van der Waals surface area (Å²) < 4.78 is 14.8. The first-order chi connectivity index (χ1) is 12.9. The Morgan fingerprint density at radius 3 is 2.67 bits per heavy atom. The van der Waals surface area contributed by atoms with Gasteiger partial charge < -0.3 is 5.11 Å². The van der Waals surface area contributed by atoms with Gasteiger partial charge in [-0.3, -0.25) is 9.88 Å². The number of hydrogen-bond donors (Lipinski definition) is 1. The van der Waals surface area contributed by atoms with Crippen molar-refractivity contribution < 1.29 is 9.50 Å². The van der Waals surface area contributed by atoms with Gasteiger partial charge in [0, 0.05) is 36.8 Å². The largest absolute Gasteiger partial charge is 0.390 e. The highest BCUT2D eigenvalue weighted by molar-refractivity contribution is 6.35. The first-order valence-corrected chi connectivity index (χ1v) is 9.57. The smallest absolute Gasteiger partial charge is 0.131 e. The van der Waals surface area contributed by atoms with Crippen LogP contribution in [0.15, 0.2) is 48.7 Å². The first kappa shape index (κ1) is 18.4. The van der Waals surface area contributed by atoms with Crippen LogP contribution in [-0.2, 0) is 6.54 Å². The lowest BCUT2D eigenvalue weighted by atomic mass is 9.93. The van der Waals surface area contributed by atoms with Gasteiger partial charge in [0.05, 0.1) is 16.1 Å². The fourth-order valence-electron chi connectivity index (χ4n) is 3.62. The predicted molar refractivity (Wildman–Crippen MR) is 107 cm³/mol. The molecular weight excluding hydrogens is 363 g/mol. The molecule has 1 fully saturated rings. The quantitative estimate of drug-likeness (QED) is 0.687. The van der Waals surface area contributed by atoms with Gasteiger partial charge >= 0.3 is 0 Å². The fourth-order valence-corrected chi connectivity index (χ4v) is 3.83. The molecule has 27 heavy (non-hydrogen) atoms. The molecule has 4 rings (SSSR count). The van der Waals surface area contributed by atoms with E-state index in [9.17, 15) is 9.50 Å². The molecule has 0 bridgehead atoms. The third-order valence-corrected chi connectivity index (χ3v) is 5.70. The van der Waals surface area contributed by atoms with E-state index in [1.165, 1.54) is 0 Å². The number of nitrogens with zero attached hydrogens (tertiary/aromatic N) is 2. The molecule has 2 heterocycles. The minimum atomic E-state index is -0.572. The Hall–Kier alpha value is -2.01. The van der Waals surface area contributed by atoms with E-state index < -0.39 is 5.60 Å². The van der Waals surface area contributed by atoms with Crippen LogP contribution in [0.4, 0.5) is 4.39 Å². The number of pyridine rings is 1. The van der Waals surface area contributed by atoms with Gasteiger partial charge in [0.25, 0.3) is 0 Å². The van der Waals surface area contributed by atoms with E-state index in [1.807, 2.05) is 37.3 Å². The number of aliphatic hydroxyl groups is 1. The molecular formula is C22H22ClFN2O. The Labute approximate surface area is 163 Å². The van der Waals surface area contributed by atoms with Gasteiger partial charge in [-0.25, -0.2) is 4.39 Å². The normalized spacial score (nSPS) is 17.3. The average molecular weight is 385 g/mol. The molecule has 140 valence electrons. The van der Waals surface area contributed by atoms with Crippen LogP contribution in [0.2, 0.25) is 5.02 Å². The molecule has 1 N–H and O–H groups in total. The number of benzene rings is 2. The number of piperidine rings is 1. The van der Waals surface area contributed by atoms with E-state index in [0.29, 0.717) is 17.1 Å². The molecule has 0 spiro atoms. The van der Waals surface area contributed by atoms with E-state index in [4.69, 9.17) is 11.6 Å². The third-order valence-electron chi connectivity index (χ3n) is 5.37. The van der Waals surface area contributed by atoms with Crippen LogP contribution in [0.5, 0.6) is 0 Å². The van der Waals surface area contributed by atoms with Crippen molar-refractivity contribution >= 4 is 22.5 Å². The zero-order valence-corrected chi connectivity index (χ0v) is 16.0. The summed E-state index contributed by atoms with van der Waals surface area (Å²) in [5, 5.41) is 11.5. The van der Waals surface area contributed by atoms with Crippen molar-refractivity contribution in [3.05, 3.63) is 65.1 Å². The van der Waals surface area contributed by atoms with Crippen LogP contribution in [0.3, 0.4) is 0 Å². The lowest BCUT2D eigenvalue weighted by molar-refractivity contribution is -0.00731. The van der Waals surface area contributed by atoms with E-state index in [1.54, 1.807) is 18.3 Å². The summed E-state index contributed by atoms with van der Waals surface area (Å²) in [5.41, 5.74) is 2.51. The average Bonchev–Trinajstić information content (AvgIpc) is 2.64. The van der Waals surface area contributed by atoms with Crippen molar-refractivity contribution in [2.24, 2.45) is 0 Å². The maximum absolute atomic E-state index is 14.8. The van der Waals surface area contributed by atoms with Gasteiger partial charge in [0.15, 0.2) is 0 Å². The van der Waals surface area contributed by atoms with Crippen molar-refractivity contribution in [3.8, 4) is 11.1 Å². The number of fused-ring (bicyclic) bond motifs is 1. The van der Waals surface area contributed by atoms with E-state index >= 15 is 0 Å². The maximum Gasteiger partial charge on any atom is 0.131 e. The van der Waals surface area contributed by atoms with Crippen LogP contribution < -0.4 is 0 Å². The molecule has 3 nitrogen and oxygen atoms in total. The summed E-state index contributed by atoms with van der Waals surface area (Å²) in [6.07, 6.45) is 3.17. The molecule has 0 aliphatic carbocycles. The molecule has 1 aliphatic heterocycles. The molecule has 0 radical (unpaired) electrons. The second-order valence-electron chi connectivity index (χ2n) is 7.61. The Balaban J connectivity index is 1.56. The van der Waals surface area contributed by atoms with Gasteiger partial charge in [0.1, 0.15) is 5.82 Å². The monoisotopic (exact) mass is 384 g/mol. The summed E-state index contributed by atoms with van der Waals surface area (Å²) in [6, 6.07) is 12.8. The van der Waals surface area contributed by atoms with Gasteiger partial charge in [0.2, 0.25) is 0 Å². The first-order valence-electron chi connectivity index (χ1n) is 9.19. The standard InChI is InChI=1S/C22H22ClFN2O/c1-22(27)7-10-26(11-8-22)14-15-2-4-17(20(24)12-15)16-3-5-21-18(13-16)19(23)6-9-25-21/h2-6,9,12-13,27H,7-8,10-11,14H2,1H3. The van der Waals surface area contributed by atoms with Crippen LogP contribution in [0.1, 0.15) is 25.3 Å². The van der Waals surface area contributed by atoms with E-state index in [2.05, 4.69) is 9.88 Å². The Kier molecular flexibility index (Phi) is 4.89. The molecule has 0 saturated carbocycles. The summed E-state index contributed by atoms with van der Waals surface area (Å²) >= 11 is 6.25. The van der Waals surface area contributed by atoms with E-state index in [-0.39, 0.29) is 5.82 Å². The number of likely N-dealkylation sites (tertiary alicyclic amines) is 1. The molecule has 1 aromatic heterocycles. The van der Waals surface area contributed by atoms with Crippen LogP contribution in [0, 0.1) is 5.82 Å². The topological polar surface area (TPSA) is 36.4 Å². The van der Waals surface area contributed by atoms with Crippen LogP contribution in [-0.4, -0.2) is 33.7 Å². The second kappa shape index (κ2) is 7.19. The summed E-state index contributed by atoms with van der Waals surface area (Å²) in [4.78, 5) is 6.54.